The van der Waals surface area contributed by atoms with Crippen LogP contribution >= 0.6 is 0 Å². The first-order valence-electron chi connectivity index (χ1n) is 7.94. The summed E-state index contributed by atoms with van der Waals surface area (Å²) in [5, 5.41) is 0. The van der Waals surface area contributed by atoms with Crippen LogP contribution < -0.4 is 11.4 Å². The van der Waals surface area contributed by atoms with Crippen LogP contribution in [0.5, 0.6) is 0 Å². The molecule has 1 aromatic carbocycles. The summed E-state index contributed by atoms with van der Waals surface area (Å²) in [6.07, 6.45) is -0.393. The molecule has 1 heterocycles. The van der Waals surface area contributed by atoms with Gasteiger partial charge in [-0.05, 0) is 13.8 Å². The number of hydrogen-bond acceptors (Lipinski definition) is 4. The third kappa shape index (κ3) is 3.56. The number of benzene rings is 1. The van der Waals surface area contributed by atoms with Crippen LogP contribution in [-0.2, 0) is 18.3 Å². The van der Waals surface area contributed by atoms with Crippen LogP contribution in [-0.4, -0.2) is 32.9 Å². The molecule has 2 aromatic rings. The Morgan fingerprint density at radius 3 is 2.32 bits per heavy atom. The molecule has 0 fully saturated rings. The first kappa shape index (κ1) is 18.7. The van der Waals surface area contributed by atoms with E-state index in [2.05, 4.69) is 6.58 Å². The monoisotopic (exact) mass is 345 g/mol. The van der Waals surface area contributed by atoms with Crippen LogP contribution in [0.15, 0.2) is 52.1 Å². The van der Waals surface area contributed by atoms with Crippen molar-refractivity contribution in [2.24, 2.45) is 7.05 Å². The van der Waals surface area contributed by atoms with Crippen LogP contribution in [0.3, 0.4) is 0 Å². The number of rotatable bonds is 7. The van der Waals surface area contributed by atoms with Gasteiger partial charge in [-0.15, -0.1) is 0 Å². The summed E-state index contributed by atoms with van der Waals surface area (Å²) in [5.74, 6) is -0.257. The maximum atomic E-state index is 12.6. The van der Waals surface area contributed by atoms with Gasteiger partial charge in [-0.25, -0.2) is 23.5 Å². The number of methoxy groups -OCH3 is 1. The third-order valence-electron chi connectivity index (χ3n) is 4.22. The molecule has 0 bridgehead atoms. The second-order valence-corrected chi connectivity index (χ2v) is 6.05. The SMILES string of the molecule is C=C(C)C(C(C)OC)n1c(=O)n(C)c(=O)n1CC(=O)c1ccccc1. The zero-order chi connectivity index (χ0) is 18.7. The Balaban J connectivity index is 2.57. The van der Waals surface area contributed by atoms with Crippen LogP contribution in [0.1, 0.15) is 30.2 Å². The van der Waals surface area contributed by atoms with E-state index in [0.29, 0.717) is 11.1 Å². The van der Waals surface area contributed by atoms with Gasteiger partial charge in [0.05, 0.1) is 6.10 Å². The molecule has 0 amide bonds. The Morgan fingerprint density at radius 2 is 1.80 bits per heavy atom. The Labute approximate surface area is 145 Å². The summed E-state index contributed by atoms with van der Waals surface area (Å²) in [7, 11) is 2.91. The zero-order valence-corrected chi connectivity index (χ0v) is 14.9. The molecule has 7 nitrogen and oxygen atoms in total. The standard InChI is InChI=1S/C18H23N3O4/c1-12(2)16(13(3)25-5)21-18(24)19(4)17(23)20(21)11-15(22)14-9-7-6-8-10-14/h6-10,13,16H,1,11H2,2-5H3. The fraction of sp³-hybridized carbons (Fsp3) is 0.389. The van der Waals surface area contributed by atoms with Gasteiger partial charge in [0, 0.05) is 19.7 Å². The molecule has 0 saturated heterocycles. The zero-order valence-electron chi connectivity index (χ0n) is 14.9. The predicted octanol–water partition coefficient (Wildman–Crippen LogP) is 1.38. The number of nitrogens with zero attached hydrogens (tertiary/aromatic N) is 3. The summed E-state index contributed by atoms with van der Waals surface area (Å²) in [6.45, 7) is 7.21. The van der Waals surface area contributed by atoms with Gasteiger partial charge in [0.2, 0.25) is 0 Å². The van der Waals surface area contributed by atoms with Gasteiger partial charge in [0.25, 0.3) is 0 Å². The van der Waals surface area contributed by atoms with E-state index in [9.17, 15) is 14.4 Å². The quantitative estimate of drug-likeness (QED) is 0.561. The summed E-state index contributed by atoms with van der Waals surface area (Å²) < 4.78 is 8.75. The predicted molar refractivity (Wildman–Crippen MR) is 95.0 cm³/mol. The van der Waals surface area contributed by atoms with Crippen molar-refractivity contribution < 1.29 is 9.53 Å². The van der Waals surface area contributed by atoms with Crippen molar-refractivity contribution in [3.63, 3.8) is 0 Å². The molecule has 2 rings (SSSR count). The van der Waals surface area contributed by atoms with Gasteiger partial charge in [-0.1, -0.05) is 42.5 Å². The van der Waals surface area contributed by atoms with E-state index in [4.69, 9.17) is 4.74 Å². The number of carbonyl (C=O) groups excluding carboxylic acids is 1. The number of carbonyl (C=O) groups is 1. The van der Waals surface area contributed by atoms with E-state index in [1.807, 2.05) is 0 Å². The normalized spacial score (nSPS) is 13.4. The molecule has 0 aliphatic carbocycles. The summed E-state index contributed by atoms with van der Waals surface area (Å²) in [4.78, 5) is 37.6. The maximum Gasteiger partial charge on any atom is 0.347 e. The van der Waals surface area contributed by atoms with E-state index in [-0.39, 0.29) is 12.3 Å². The molecule has 7 heteroatoms. The van der Waals surface area contributed by atoms with Crippen molar-refractivity contribution in [1.82, 2.24) is 13.9 Å². The van der Waals surface area contributed by atoms with Gasteiger partial charge >= 0.3 is 11.4 Å². The maximum absolute atomic E-state index is 12.6. The van der Waals surface area contributed by atoms with Crippen molar-refractivity contribution in [3.05, 3.63) is 69.0 Å². The van der Waals surface area contributed by atoms with Crippen molar-refractivity contribution in [1.29, 1.82) is 0 Å². The van der Waals surface area contributed by atoms with Gasteiger partial charge < -0.3 is 4.74 Å². The third-order valence-corrected chi connectivity index (χ3v) is 4.22. The molecule has 0 spiro atoms. The fourth-order valence-electron chi connectivity index (χ4n) is 2.81. The van der Waals surface area contributed by atoms with Crippen molar-refractivity contribution >= 4 is 5.78 Å². The second-order valence-electron chi connectivity index (χ2n) is 6.05. The fourth-order valence-corrected chi connectivity index (χ4v) is 2.81. The van der Waals surface area contributed by atoms with E-state index >= 15 is 0 Å². The highest BCUT2D eigenvalue weighted by molar-refractivity contribution is 5.95. The minimum absolute atomic E-state index is 0.237. The van der Waals surface area contributed by atoms with E-state index in [1.165, 1.54) is 18.8 Å². The molecule has 0 saturated carbocycles. The topological polar surface area (TPSA) is 75.2 Å². The minimum Gasteiger partial charge on any atom is -0.379 e. The lowest BCUT2D eigenvalue weighted by Gasteiger charge is -2.25. The molecule has 1 aromatic heterocycles. The van der Waals surface area contributed by atoms with Crippen molar-refractivity contribution in [3.8, 4) is 0 Å². The largest absolute Gasteiger partial charge is 0.379 e. The number of ether oxygens (including phenoxy) is 1. The molecule has 0 N–H and O–H groups in total. The lowest BCUT2D eigenvalue weighted by Crippen LogP contribution is -2.38. The molecule has 2 unspecified atom stereocenters. The van der Waals surface area contributed by atoms with Crippen molar-refractivity contribution in [2.75, 3.05) is 7.11 Å². The number of Topliss-reactive ketones (excluding diaryl/α,β-unsaturated/α-hetero) is 1. The first-order chi connectivity index (χ1) is 11.8. The Kier molecular flexibility index (Phi) is 5.58. The Morgan fingerprint density at radius 1 is 1.20 bits per heavy atom. The van der Waals surface area contributed by atoms with Gasteiger partial charge in [0.1, 0.15) is 12.6 Å². The van der Waals surface area contributed by atoms with Gasteiger partial charge in [0.15, 0.2) is 5.78 Å². The molecule has 134 valence electrons. The van der Waals surface area contributed by atoms with Crippen LogP contribution in [0.25, 0.3) is 0 Å². The lowest BCUT2D eigenvalue weighted by atomic mass is 10.1. The molecular weight excluding hydrogens is 322 g/mol. The second kappa shape index (κ2) is 7.48. The Hall–Kier alpha value is -2.67. The highest BCUT2D eigenvalue weighted by atomic mass is 16.5. The summed E-state index contributed by atoms with van der Waals surface area (Å²) in [5.41, 5.74) is 0.0680. The Bertz CT molecular complexity index is 889. The van der Waals surface area contributed by atoms with E-state index < -0.39 is 23.5 Å². The van der Waals surface area contributed by atoms with Crippen LogP contribution in [0, 0.1) is 0 Å². The van der Waals surface area contributed by atoms with Crippen molar-refractivity contribution in [2.45, 2.75) is 32.5 Å². The molecule has 2 atom stereocenters. The molecule has 25 heavy (non-hydrogen) atoms. The molecule has 0 radical (unpaired) electrons. The van der Waals surface area contributed by atoms with Crippen LogP contribution in [0.2, 0.25) is 0 Å². The number of aromatic nitrogens is 3. The van der Waals surface area contributed by atoms with Gasteiger partial charge in [-0.3, -0.25) is 4.79 Å². The average Bonchev–Trinajstić information content (AvgIpc) is 2.80. The minimum atomic E-state index is -0.560. The van der Waals surface area contributed by atoms with E-state index in [0.717, 1.165) is 9.25 Å². The summed E-state index contributed by atoms with van der Waals surface area (Å²) in [6, 6.07) is 8.09. The highest BCUT2D eigenvalue weighted by Crippen LogP contribution is 2.20. The van der Waals surface area contributed by atoms with Crippen LogP contribution in [0.4, 0.5) is 0 Å². The van der Waals surface area contributed by atoms with Gasteiger partial charge in [-0.2, -0.15) is 0 Å². The summed E-state index contributed by atoms with van der Waals surface area (Å²) >= 11 is 0. The lowest BCUT2D eigenvalue weighted by molar-refractivity contribution is 0.0706. The molecule has 0 aliphatic heterocycles. The first-order valence-corrected chi connectivity index (χ1v) is 7.94. The van der Waals surface area contributed by atoms with E-state index in [1.54, 1.807) is 44.2 Å². The number of ketones is 1. The molecular formula is C18H23N3O4. The number of hydrogen-bond donors (Lipinski definition) is 0. The molecule has 0 aliphatic rings. The highest BCUT2D eigenvalue weighted by Gasteiger charge is 2.27. The average molecular weight is 345 g/mol. The smallest absolute Gasteiger partial charge is 0.347 e.